The summed E-state index contributed by atoms with van der Waals surface area (Å²) in [5.41, 5.74) is 0. The van der Waals surface area contributed by atoms with Crippen molar-refractivity contribution in [3.63, 3.8) is 0 Å². The molecule has 0 spiro atoms. The number of likely N-dealkylation sites (tertiary alicyclic amines) is 1. The highest BCUT2D eigenvalue weighted by molar-refractivity contribution is 5.77. The smallest absolute Gasteiger partial charge is 0.248 e. The van der Waals surface area contributed by atoms with Crippen LogP contribution in [0.1, 0.15) is 64.7 Å². The number of hydrogen-bond acceptors (Lipinski definition) is 3. The lowest BCUT2D eigenvalue weighted by atomic mass is 9.97. The van der Waals surface area contributed by atoms with Crippen LogP contribution in [0.2, 0.25) is 0 Å². The second-order valence-electron chi connectivity index (χ2n) is 6.97. The van der Waals surface area contributed by atoms with E-state index in [0.717, 1.165) is 45.2 Å². The lowest BCUT2D eigenvalue weighted by Gasteiger charge is -2.33. The number of piperidine rings is 1. The highest BCUT2D eigenvalue weighted by Crippen LogP contribution is 2.21. The van der Waals surface area contributed by atoms with Gasteiger partial charge in [-0.15, -0.1) is 0 Å². The first-order valence-corrected chi connectivity index (χ1v) is 9.35. The van der Waals surface area contributed by atoms with Crippen molar-refractivity contribution >= 4 is 11.8 Å². The van der Waals surface area contributed by atoms with Gasteiger partial charge in [0.25, 0.3) is 0 Å². The SMILES string of the molecule is CCCC(=O)NC[C@H]1CCCN(C(=O)COC2CCCCC2)C1. The largest absolute Gasteiger partial charge is 0.368 e. The zero-order valence-corrected chi connectivity index (χ0v) is 14.5. The first-order chi connectivity index (χ1) is 11.2. The minimum atomic E-state index is 0.111. The summed E-state index contributed by atoms with van der Waals surface area (Å²) in [4.78, 5) is 25.8. The Morgan fingerprint density at radius 3 is 2.65 bits per heavy atom. The summed E-state index contributed by atoms with van der Waals surface area (Å²) in [7, 11) is 0. The van der Waals surface area contributed by atoms with Gasteiger partial charge in [0, 0.05) is 26.1 Å². The second-order valence-corrected chi connectivity index (χ2v) is 6.97. The van der Waals surface area contributed by atoms with Gasteiger partial charge in [0.1, 0.15) is 6.61 Å². The van der Waals surface area contributed by atoms with E-state index in [9.17, 15) is 9.59 Å². The lowest BCUT2D eigenvalue weighted by molar-refractivity contribution is -0.140. The number of carbonyl (C=O) groups excluding carboxylic acids is 2. The van der Waals surface area contributed by atoms with Gasteiger partial charge in [0.05, 0.1) is 6.10 Å². The third kappa shape index (κ3) is 6.50. The van der Waals surface area contributed by atoms with E-state index in [4.69, 9.17) is 4.74 Å². The number of nitrogens with one attached hydrogen (secondary N) is 1. The molecule has 132 valence electrons. The Labute approximate surface area is 140 Å². The van der Waals surface area contributed by atoms with Crippen LogP contribution in [0, 0.1) is 5.92 Å². The molecular formula is C18H32N2O3. The fourth-order valence-corrected chi connectivity index (χ4v) is 3.54. The fraction of sp³-hybridized carbons (Fsp3) is 0.889. The summed E-state index contributed by atoms with van der Waals surface area (Å²) in [6.07, 6.45) is 9.78. The molecule has 2 rings (SSSR count). The van der Waals surface area contributed by atoms with Crippen LogP contribution in [0.4, 0.5) is 0 Å². The van der Waals surface area contributed by atoms with Gasteiger partial charge < -0.3 is 15.0 Å². The first kappa shape index (κ1) is 18.2. The zero-order valence-electron chi connectivity index (χ0n) is 14.5. The molecule has 0 unspecified atom stereocenters. The van der Waals surface area contributed by atoms with Gasteiger partial charge in [-0.05, 0) is 38.0 Å². The molecule has 1 aliphatic heterocycles. The topological polar surface area (TPSA) is 58.6 Å². The normalized spacial score (nSPS) is 22.8. The van der Waals surface area contributed by atoms with Crippen molar-refractivity contribution in [1.29, 1.82) is 0 Å². The van der Waals surface area contributed by atoms with Crippen LogP contribution < -0.4 is 5.32 Å². The Balaban J connectivity index is 1.67. The number of nitrogens with zero attached hydrogens (tertiary/aromatic N) is 1. The van der Waals surface area contributed by atoms with Crippen molar-refractivity contribution in [2.75, 3.05) is 26.2 Å². The molecule has 2 amide bonds. The molecule has 0 aromatic rings. The van der Waals surface area contributed by atoms with Gasteiger partial charge in [-0.1, -0.05) is 26.2 Å². The molecule has 2 fully saturated rings. The van der Waals surface area contributed by atoms with Crippen LogP contribution in [0.15, 0.2) is 0 Å². The molecule has 1 saturated heterocycles. The first-order valence-electron chi connectivity index (χ1n) is 9.35. The van der Waals surface area contributed by atoms with Crippen LogP contribution in [-0.4, -0.2) is 49.1 Å². The summed E-state index contributed by atoms with van der Waals surface area (Å²) in [5.74, 6) is 0.611. The number of amides is 2. The number of rotatable bonds is 7. The van der Waals surface area contributed by atoms with E-state index in [1.54, 1.807) is 0 Å². The van der Waals surface area contributed by atoms with Crippen molar-refractivity contribution in [3.05, 3.63) is 0 Å². The molecule has 0 aromatic carbocycles. The molecule has 1 heterocycles. The Morgan fingerprint density at radius 2 is 1.91 bits per heavy atom. The molecule has 5 nitrogen and oxygen atoms in total. The summed E-state index contributed by atoms with van der Waals surface area (Å²) in [5, 5.41) is 2.99. The highest BCUT2D eigenvalue weighted by atomic mass is 16.5. The average molecular weight is 324 g/mol. The third-order valence-corrected chi connectivity index (χ3v) is 4.93. The minimum Gasteiger partial charge on any atom is -0.368 e. The van der Waals surface area contributed by atoms with E-state index < -0.39 is 0 Å². The van der Waals surface area contributed by atoms with Crippen LogP contribution >= 0.6 is 0 Å². The second kappa shape index (κ2) is 9.91. The maximum absolute atomic E-state index is 12.3. The van der Waals surface area contributed by atoms with E-state index in [2.05, 4.69) is 5.32 Å². The molecule has 1 atom stereocenters. The molecule has 1 aliphatic carbocycles. The standard InChI is InChI=1S/C18H32N2O3/c1-2-7-17(21)19-12-15-8-6-11-20(13-15)18(22)14-23-16-9-4-3-5-10-16/h15-16H,2-14H2,1H3,(H,19,21)/t15-/m1/s1. The number of carbonyl (C=O) groups is 2. The predicted octanol–water partition coefficient (Wildman–Crippen LogP) is 2.49. The van der Waals surface area contributed by atoms with E-state index in [1.807, 2.05) is 11.8 Å². The fourth-order valence-electron chi connectivity index (χ4n) is 3.54. The summed E-state index contributed by atoms with van der Waals surface area (Å²) in [6, 6.07) is 0. The van der Waals surface area contributed by atoms with Crippen molar-refractivity contribution in [1.82, 2.24) is 10.2 Å². The van der Waals surface area contributed by atoms with E-state index in [-0.39, 0.29) is 24.5 Å². The maximum atomic E-state index is 12.3. The summed E-state index contributed by atoms with van der Waals surface area (Å²) in [6.45, 7) is 4.49. The van der Waals surface area contributed by atoms with Gasteiger partial charge >= 0.3 is 0 Å². The molecule has 5 heteroatoms. The number of ether oxygens (including phenoxy) is 1. The third-order valence-electron chi connectivity index (χ3n) is 4.93. The monoisotopic (exact) mass is 324 g/mol. The maximum Gasteiger partial charge on any atom is 0.248 e. The quantitative estimate of drug-likeness (QED) is 0.783. The van der Waals surface area contributed by atoms with Gasteiger partial charge in [0.15, 0.2) is 0 Å². The van der Waals surface area contributed by atoms with Crippen LogP contribution in [0.3, 0.4) is 0 Å². The van der Waals surface area contributed by atoms with E-state index >= 15 is 0 Å². The molecule has 23 heavy (non-hydrogen) atoms. The Kier molecular flexibility index (Phi) is 7.86. The number of hydrogen-bond donors (Lipinski definition) is 1. The van der Waals surface area contributed by atoms with Crippen LogP contribution in [0.25, 0.3) is 0 Å². The molecular weight excluding hydrogens is 292 g/mol. The highest BCUT2D eigenvalue weighted by Gasteiger charge is 2.25. The van der Waals surface area contributed by atoms with Gasteiger partial charge in [0.2, 0.25) is 11.8 Å². The summed E-state index contributed by atoms with van der Waals surface area (Å²) < 4.78 is 5.80. The molecule has 0 aromatic heterocycles. The molecule has 1 saturated carbocycles. The summed E-state index contributed by atoms with van der Waals surface area (Å²) >= 11 is 0. The molecule has 0 bridgehead atoms. The average Bonchev–Trinajstić information content (AvgIpc) is 2.59. The Hall–Kier alpha value is -1.10. The van der Waals surface area contributed by atoms with Gasteiger partial charge in [-0.3, -0.25) is 9.59 Å². The van der Waals surface area contributed by atoms with Crippen molar-refractivity contribution in [2.45, 2.75) is 70.8 Å². The molecule has 1 N–H and O–H groups in total. The van der Waals surface area contributed by atoms with Crippen molar-refractivity contribution in [2.24, 2.45) is 5.92 Å². The lowest BCUT2D eigenvalue weighted by Crippen LogP contribution is -2.45. The molecule has 2 aliphatic rings. The van der Waals surface area contributed by atoms with Crippen molar-refractivity contribution < 1.29 is 14.3 Å². The van der Waals surface area contributed by atoms with Crippen LogP contribution in [0.5, 0.6) is 0 Å². The van der Waals surface area contributed by atoms with Gasteiger partial charge in [-0.25, -0.2) is 0 Å². The Morgan fingerprint density at radius 1 is 1.13 bits per heavy atom. The zero-order chi connectivity index (χ0) is 16.5. The van der Waals surface area contributed by atoms with Crippen LogP contribution in [-0.2, 0) is 14.3 Å². The van der Waals surface area contributed by atoms with E-state index in [0.29, 0.717) is 18.9 Å². The Bertz CT molecular complexity index is 380. The van der Waals surface area contributed by atoms with Gasteiger partial charge in [-0.2, -0.15) is 0 Å². The predicted molar refractivity (Wildman–Crippen MR) is 90.0 cm³/mol. The van der Waals surface area contributed by atoms with E-state index in [1.165, 1.54) is 19.3 Å². The molecule has 0 radical (unpaired) electrons. The van der Waals surface area contributed by atoms with Crippen molar-refractivity contribution in [3.8, 4) is 0 Å². The minimum absolute atomic E-state index is 0.111.